The first-order valence-corrected chi connectivity index (χ1v) is 4.97. The second-order valence-corrected chi connectivity index (χ2v) is 3.83. The molecule has 13 heavy (non-hydrogen) atoms. The molecule has 2 fully saturated rings. The number of nitrogens with one attached hydrogen (secondary N) is 1. The van der Waals surface area contributed by atoms with Crippen molar-refractivity contribution < 1.29 is 9.90 Å². The molecule has 2 N–H and O–H groups in total. The van der Waals surface area contributed by atoms with Crippen molar-refractivity contribution in [1.29, 1.82) is 0 Å². The second kappa shape index (κ2) is 3.64. The van der Waals surface area contributed by atoms with Crippen molar-refractivity contribution in [2.24, 2.45) is 0 Å². The number of carbonyl (C=O) groups is 1. The Morgan fingerprint density at radius 3 is 3.08 bits per heavy atom. The maximum Gasteiger partial charge on any atom is 0.239 e. The van der Waals surface area contributed by atoms with Gasteiger partial charge >= 0.3 is 0 Å². The molecule has 0 radical (unpaired) electrons. The monoisotopic (exact) mass is 184 g/mol. The largest absolute Gasteiger partial charge is 0.376 e. The predicted molar refractivity (Wildman–Crippen MR) is 48.0 cm³/mol. The smallest absolute Gasteiger partial charge is 0.239 e. The van der Waals surface area contributed by atoms with E-state index in [-0.39, 0.29) is 18.7 Å². The Morgan fingerprint density at radius 1 is 1.46 bits per heavy atom. The van der Waals surface area contributed by atoms with Crippen LogP contribution in [0.15, 0.2) is 0 Å². The molecule has 0 saturated carbocycles. The lowest BCUT2D eigenvalue weighted by atomic mass is 10.1. The molecule has 0 bridgehead atoms. The van der Waals surface area contributed by atoms with Gasteiger partial charge in [-0.05, 0) is 32.2 Å². The van der Waals surface area contributed by atoms with Crippen LogP contribution in [0.5, 0.6) is 0 Å². The van der Waals surface area contributed by atoms with E-state index in [1.165, 1.54) is 12.8 Å². The minimum absolute atomic E-state index is 0.00750. The number of fused-ring (bicyclic) bond motifs is 1. The van der Waals surface area contributed by atoms with Crippen LogP contribution in [0.2, 0.25) is 0 Å². The Labute approximate surface area is 77.9 Å². The molecule has 2 aliphatic heterocycles. The van der Waals surface area contributed by atoms with Crippen LogP contribution in [0.4, 0.5) is 0 Å². The third-order valence-corrected chi connectivity index (χ3v) is 3.15. The van der Waals surface area contributed by atoms with Gasteiger partial charge in [0.25, 0.3) is 0 Å². The van der Waals surface area contributed by atoms with E-state index in [4.69, 9.17) is 5.11 Å². The van der Waals surface area contributed by atoms with Crippen molar-refractivity contribution in [3.05, 3.63) is 0 Å². The van der Waals surface area contributed by atoms with Gasteiger partial charge in [0.1, 0.15) is 6.73 Å². The molecule has 4 heteroatoms. The van der Waals surface area contributed by atoms with Crippen LogP contribution in [0, 0.1) is 0 Å². The van der Waals surface area contributed by atoms with Crippen LogP contribution in [0.1, 0.15) is 25.7 Å². The molecule has 0 aromatic rings. The first-order chi connectivity index (χ1) is 6.33. The van der Waals surface area contributed by atoms with Gasteiger partial charge in [-0.1, -0.05) is 0 Å². The average Bonchev–Trinajstić information content (AvgIpc) is 2.62. The van der Waals surface area contributed by atoms with E-state index >= 15 is 0 Å². The molecule has 2 atom stereocenters. The molecule has 2 rings (SSSR count). The standard InChI is InChI=1S/C9H16N2O2/c12-6-10-9(13)8-4-3-7-2-1-5-11(7)8/h7-8,12H,1-6H2,(H,10,13). The zero-order chi connectivity index (χ0) is 9.26. The summed E-state index contributed by atoms with van der Waals surface area (Å²) in [5, 5.41) is 11.1. The zero-order valence-corrected chi connectivity index (χ0v) is 7.70. The van der Waals surface area contributed by atoms with Gasteiger partial charge in [0, 0.05) is 6.04 Å². The minimum atomic E-state index is -0.242. The average molecular weight is 184 g/mol. The Hall–Kier alpha value is -0.610. The number of hydrogen-bond acceptors (Lipinski definition) is 3. The molecule has 2 heterocycles. The Balaban J connectivity index is 1.96. The molecular formula is C9H16N2O2. The Morgan fingerprint density at radius 2 is 2.31 bits per heavy atom. The summed E-state index contributed by atoms with van der Waals surface area (Å²) >= 11 is 0. The van der Waals surface area contributed by atoms with Gasteiger partial charge in [-0.25, -0.2) is 0 Å². The lowest BCUT2D eigenvalue weighted by Crippen LogP contribution is -2.44. The van der Waals surface area contributed by atoms with Crippen molar-refractivity contribution in [3.8, 4) is 0 Å². The molecule has 4 nitrogen and oxygen atoms in total. The lowest BCUT2D eigenvalue weighted by Gasteiger charge is -2.22. The number of nitrogens with zero attached hydrogens (tertiary/aromatic N) is 1. The van der Waals surface area contributed by atoms with Crippen molar-refractivity contribution in [2.45, 2.75) is 37.8 Å². The number of amides is 1. The summed E-state index contributed by atoms with van der Waals surface area (Å²) in [6.07, 6.45) is 4.55. The van der Waals surface area contributed by atoms with Crippen LogP contribution < -0.4 is 5.32 Å². The van der Waals surface area contributed by atoms with Gasteiger partial charge in [-0.15, -0.1) is 0 Å². The molecular weight excluding hydrogens is 168 g/mol. The van der Waals surface area contributed by atoms with Crippen LogP contribution in [0.25, 0.3) is 0 Å². The zero-order valence-electron chi connectivity index (χ0n) is 7.70. The maximum atomic E-state index is 11.5. The topological polar surface area (TPSA) is 52.6 Å². The van der Waals surface area contributed by atoms with Crippen LogP contribution in [-0.2, 0) is 4.79 Å². The van der Waals surface area contributed by atoms with Gasteiger partial charge < -0.3 is 10.4 Å². The van der Waals surface area contributed by atoms with Crippen molar-refractivity contribution in [1.82, 2.24) is 10.2 Å². The fourth-order valence-corrected chi connectivity index (χ4v) is 2.57. The van der Waals surface area contributed by atoms with Crippen molar-refractivity contribution >= 4 is 5.91 Å². The molecule has 1 amide bonds. The van der Waals surface area contributed by atoms with Crippen LogP contribution in [0.3, 0.4) is 0 Å². The van der Waals surface area contributed by atoms with E-state index in [0.717, 1.165) is 19.4 Å². The highest BCUT2D eigenvalue weighted by atomic mass is 16.3. The highest BCUT2D eigenvalue weighted by Crippen LogP contribution is 2.32. The summed E-state index contributed by atoms with van der Waals surface area (Å²) in [6.45, 7) is 0.808. The summed E-state index contributed by atoms with van der Waals surface area (Å²) in [6, 6.07) is 0.661. The van der Waals surface area contributed by atoms with Gasteiger partial charge in [-0.2, -0.15) is 0 Å². The fourth-order valence-electron chi connectivity index (χ4n) is 2.57. The van der Waals surface area contributed by atoms with E-state index in [1.807, 2.05) is 0 Å². The third-order valence-electron chi connectivity index (χ3n) is 3.15. The second-order valence-electron chi connectivity index (χ2n) is 3.83. The highest BCUT2D eigenvalue weighted by Gasteiger charge is 2.39. The van der Waals surface area contributed by atoms with Gasteiger partial charge in [0.15, 0.2) is 0 Å². The molecule has 0 aliphatic carbocycles. The van der Waals surface area contributed by atoms with Crippen molar-refractivity contribution in [2.75, 3.05) is 13.3 Å². The van der Waals surface area contributed by atoms with E-state index in [9.17, 15) is 4.79 Å². The van der Waals surface area contributed by atoms with Crippen LogP contribution in [-0.4, -0.2) is 41.3 Å². The van der Waals surface area contributed by atoms with E-state index in [1.54, 1.807) is 0 Å². The van der Waals surface area contributed by atoms with Crippen molar-refractivity contribution in [3.63, 3.8) is 0 Å². The Kier molecular flexibility index (Phi) is 2.51. The molecule has 2 saturated heterocycles. The maximum absolute atomic E-state index is 11.5. The molecule has 2 unspecified atom stereocenters. The summed E-state index contributed by atoms with van der Waals surface area (Å²) in [5.74, 6) is -0.00750. The van der Waals surface area contributed by atoms with Gasteiger partial charge in [-0.3, -0.25) is 9.69 Å². The van der Waals surface area contributed by atoms with Gasteiger partial charge in [0.05, 0.1) is 6.04 Å². The van der Waals surface area contributed by atoms with Gasteiger partial charge in [0.2, 0.25) is 5.91 Å². The fraction of sp³-hybridized carbons (Fsp3) is 0.889. The summed E-state index contributed by atoms with van der Waals surface area (Å²) in [5.41, 5.74) is 0. The molecule has 74 valence electrons. The Bertz CT molecular complexity index is 208. The third kappa shape index (κ3) is 1.56. The molecule has 2 aliphatic rings. The molecule has 0 aromatic carbocycles. The highest BCUT2D eigenvalue weighted by molar-refractivity contribution is 5.82. The first-order valence-electron chi connectivity index (χ1n) is 4.97. The van der Waals surface area contributed by atoms with E-state index in [2.05, 4.69) is 10.2 Å². The normalized spacial score (nSPS) is 33.3. The number of aliphatic hydroxyl groups excluding tert-OH is 1. The molecule has 0 spiro atoms. The van der Waals surface area contributed by atoms with E-state index < -0.39 is 0 Å². The number of carbonyl (C=O) groups excluding carboxylic acids is 1. The summed E-state index contributed by atoms with van der Waals surface area (Å²) in [4.78, 5) is 13.8. The first kappa shape index (κ1) is 8.97. The number of aliphatic hydroxyl groups is 1. The SMILES string of the molecule is O=C(NCO)C1CCC2CCCN21. The molecule has 0 aromatic heterocycles. The van der Waals surface area contributed by atoms with Crippen LogP contribution >= 0.6 is 0 Å². The predicted octanol–water partition coefficient (Wildman–Crippen LogP) is -0.321. The summed E-state index contributed by atoms with van der Waals surface area (Å²) in [7, 11) is 0. The minimum Gasteiger partial charge on any atom is -0.376 e. The number of rotatable bonds is 2. The quantitative estimate of drug-likeness (QED) is 0.578. The number of hydrogen-bond donors (Lipinski definition) is 2. The lowest BCUT2D eigenvalue weighted by molar-refractivity contribution is -0.126. The summed E-state index contributed by atoms with van der Waals surface area (Å²) < 4.78 is 0. The van der Waals surface area contributed by atoms with E-state index in [0.29, 0.717) is 6.04 Å².